The highest BCUT2D eigenvalue weighted by Gasteiger charge is 2.29. The zero-order chi connectivity index (χ0) is 15.0. The van der Waals surface area contributed by atoms with E-state index in [0.717, 1.165) is 36.7 Å². The van der Waals surface area contributed by atoms with Gasteiger partial charge < -0.3 is 15.3 Å². The molecule has 3 heterocycles. The number of rotatable bonds is 4. The monoisotopic (exact) mass is 308 g/mol. The van der Waals surface area contributed by atoms with Crippen molar-refractivity contribution in [2.24, 2.45) is 0 Å². The molecule has 0 saturated carbocycles. The normalized spacial score (nSPS) is 19.8. The third kappa shape index (κ3) is 2.93. The number of imidazole rings is 1. The van der Waals surface area contributed by atoms with Crippen LogP contribution in [-0.4, -0.2) is 39.2 Å². The molecule has 2 N–H and O–H groups in total. The second-order valence-corrected chi connectivity index (χ2v) is 7.59. The number of nitrogens with zero attached hydrogens (tertiary/aromatic N) is 3. The molecule has 1 fully saturated rings. The molecule has 116 valence electrons. The van der Waals surface area contributed by atoms with E-state index in [1.165, 1.54) is 5.69 Å². The quantitative estimate of drug-likeness (QED) is 0.909. The summed E-state index contributed by atoms with van der Waals surface area (Å²) in [5, 5.41) is 15.2. The van der Waals surface area contributed by atoms with Crippen LogP contribution >= 0.6 is 11.3 Å². The van der Waals surface area contributed by atoms with Crippen LogP contribution in [0.1, 0.15) is 39.3 Å². The maximum Gasteiger partial charge on any atom is 0.195 e. The highest BCUT2D eigenvalue weighted by molar-refractivity contribution is 7.15. The van der Waals surface area contributed by atoms with Gasteiger partial charge in [0.25, 0.3) is 0 Å². The first-order valence-corrected chi connectivity index (χ1v) is 8.44. The van der Waals surface area contributed by atoms with Gasteiger partial charge in [-0.1, -0.05) is 0 Å². The van der Waals surface area contributed by atoms with Crippen molar-refractivity contribution in [1.29, 1.82) is 0 Å². The number of hydrogen-bond donors (Lipinski definition) is 2. The summed E-state index contributed by atoms with van der Waals surface area (Å²) in [4.78, 5) is 8.11. The van der Waals surface area contributed by atoms with Crippen molar-refractivity contribution < 1.29 is 5.11 Å². The highest BCUT2D eigenvalue weighted by atomic mass is 32.1. The second-order valence-electron chi connectivity index (χ2n) is 6.71. The van der Waals surface area contributed by atoms with E-state index in [1.807, 2.05) is 0 Å². The van der Waals surface area contributed by atoms with Crippen LogP contribution in [0.3, 0.4) is 0 Å². The van der Waals surface area contributed by atoms with E-state index in [9.17, 15) is 5.11 Å². The number of aliphatic hydroxyl groups is 1. The molecule has 0 bridgehead atoms. The van der Waals surface area contributed by atoms with Crippen molar-refractivity contribution in [3.63, 3.8) is 0 Å². The average Bonchev–Trinajstić information content (AvgIpc) is 3.09. The molecule has 0 aromatic carbocycles. The van der Waals surface area contributed by atoms with Crippen LogP contribution < -0.4 is 10.2 Å². The molecule has 2 aromatic heterocycles. The van der Waals surface area contributed by atoms with Crippen molar-refractivity contribution in [2.75, 3.05) is 18.1 Å². The van der Waals surface area contributed by atoms with Crippen molar-refractivity contribution in [2.45, 2.75) is 51.7 Å². The van der Waals surface area contributed by atoms with E-state index < -0.39 is 0 Å². The Morgan fingerprint density at radius 1 is 1.48 bits per heavy atom. The molecule has 21 heavy (non-hydrogen) atoms. The Labute approximate surface area is 129 Å². The first-order chi connectivity index (χ1) is 9.99. The first kappa shape index (κ1) is 14.8. The zero-order valence-corrected chi connectivity index (χ0v) is 13.8. The number of anilines is 1. The topological polar surface area (TPSA) is 52.8 Å². The molecule has 1 aliphatic heterocycles. The van der Waals surface area contributed by atoms with Gasteiger partial charge in [0.15, 0.2) is 10.8 Å². The molecular weight excluding hydrogens is 284 g/mol. The molecule has 1 atom stereocenters. The van der Waals surface area contributed by atoms with Crippen LogP contribution in [0.5, 0.6) is 0 Å². The van der Waals surface area contributed by atoms with Crippen LogP contribution in [0.15, 0.2) is 11.6 Å². The summed E-state index contributed by atoms with van der Waals surface area (Å²) in [6.07, 6.45) is 4.26. The van der Waals surface area contributed by atoms with Gasteiger partial charge in [0.1, 0.15) is 0 Å². The van der Waals surface area contributed by atoms with Gasteiger partial charge >= 0.3 is 0 Å². The summed E-state index contributed by atoms with van der Waals surface area (Å²) in [6.45, 7) is 8.49. The lowest BCUT2D eigenvalue weighted by molar-refractivity contribution is 0.266. The highest BCUT2D eigenvalue weighted by Crippen LogP contribution is 2.30. The summed E-state index contributed by atoms with van der Waals surface area (Å²) in [5.41, 5.74) is 1.26. The molecule has 0 radical (unpaired) electrons. The number of fused-ring (bicyclic) bond motifs is 1. The molecule has 0 aliphatic carbocycles. The van der Waals surface area contributed by atoms with Gasteiger partial charge in [-0.25, -0.2) is 4.98 Å². The van der Waals surface area contributed by atoms with E-state index in [1.54, 1.807) is 11.3 Å². The minimum atomic E-state index is 0.0683. The maximum absolute atomic E-state index is 9.58. The van der Waals surface area contributed by atoms with E-state index in [2.05, 4.69) is 47.0 Å². The maximum atomic E-state index is 9.58. The number of nitrogens with one attached hydrogen (secondary N) is 1. The number of aliphatic hydroxyl groups excluding tert-OH is 1. The number of aromatic nitrogens is 2. The largest absolute Gasteiger partial charge is 0.394 e. The lowest BCUT2D eigenvalue weighted by atomic mass is 10.1. The van der Waals surface area contributed by atoms with Gasteiger partial charge in [-0.3, -0.25) is 4.40 Å². The summed E-state index contributed by atoms with van der Waals surface area (Å²) < 4.78 is 2.17. The summed E-state index contributed by atoms with van der Waals surface area (Å²) in [7, 11) is 0. The molecule has 0 amide bonds. The van der Waals surface area contributed by atoms with E-state index in [-0.39, 0.29) is 18.2 Å². The third-order valence-electron chi connectivity index (χ3n) is 3.99. The lowest BCUT2D eigenvalue weighted by Crippen LogP contribution is -2.37. The van der Waals surface area contributed by atoms with Crippen molar-refractivity contribution in [3.8, 4) is 0 Å². The molecule has 0 spiro atoms. The van der Waals surface area contributed by atoms with Gasteiger partial charge in [-0.05, 0) is 33.6 Å². The van der Waals surface area contributed by atoms with E-state index in [0.29, 0.717) is 0 Å². The summed E-state index contributed by atoms with van der Waals surface area (Å²) >= 11 is 1.66. The minimum Gasteiger partial charge on any atom is -0.394 e. The smallest absolute Gasteiger partial charge is 0.195 e. The molecule has 1 aliphatic rings. The lowest BCUT2D eigenvalue weighted by Gasteiger charge is -2.26. The Balaban J connectivity index is 1.95. The molecular formula is C15H24N4OS. The zero-order valence-electron chi connectivity index (χ0n) is 13.0. The van der Waals surface area contributed by atoms with Crippen LogP contribution in [0, 0.1) is 0 Å². The van der Waals surface area contributed by atoms with Gasteiger partial charge in [-0.2, -0.15) is 0 Å². The molecule has 6 heteroatoms. The number of hydrogen-bond acceptors (Lipinski definition) is 5. The molecule has 3 rings (SSSR count). The van der Waals surface area contributed by atoms with E-state index >= 15 is 0 Å². The van der Waals surface area contributed by atoms with Gasteiger partial charge in [-0.15, -0.1) is 11.3 Å². The Morgan fingerprint density at radius 3 is 3.00 bits per heavy atom. The van der Waals surface area contributed by atoms with Crippen LogP contribution in [0.2, 0.25) is 0 Å². The standard InChI is InChI=1S/C15H24N4OS/c1-15(2,3)16-9-12-13(17-14-19(12)7-8-21-14)18-6-4-5-11(18)10-20/h7-8,11,16,20H,4-6,9-10H2,1-3H3. The second kappa shape index (κ2) is 5.59. The fraction of sp³-hybridized carbons (Fsp3) is 0.667. The third-order valence-corrected chi connectivity index (χ3v) is 4.74. The Hall–Kier alpha value is -1.11. The predicted molar refractivity (Wildman–Crippen MR) is 87.1 cm³/mol. The van der Waals surface area contributed by atoms with Gasteiger partial charge in [0.2, 0.25) is 0 Å². The fourth-order valence-electron chi connectivity index (χ4n) is 2.87. The van der Waals surface area contributed by atoms with E-state index in [4.69, 9.17) is 4.98 Å². The van der Waals surface area contributed by atoms with Crippen molar-refractivity contribution in [1.82, 2.24) is 14.7 Å². The van der Waals surface area contributed by atoms with Gasteiger partial charge in [0.05, 0.1) is 18.3 Å². The van der Waals surface area contributed by atoms with Crippen LogP contribution in [0.25, 0.3) is 4.96 Å². The Morgan fingerprint density at radius 2 is 2.29 bits per heavy atom. The predicted octanol–water partition coefficient (Wildman–Crippen LogP) is 2.25. The Kier molecular flexibility index (Phi) is 3.94. The molecule has 1 unspecified atom stereocenters. The van der Waals surface area contributed by atoms with Crippen molar-refractivity contribution in [3.05, 3.63) is 17.3 Å². The van der Waals surface area contributed by atoms with Crippen molar-refractivity contribution >= 4 is 22.1 Å². The number of thiazole rings is 1. The van der Waals surface area contributed by atoms with Crippen LogP contribution in [0.4, 0.5) is 5.82 Å². The summed E-state index contributed by atoms with van der Waals surface area (Å²) in [5.74, 6) is 1.04. The summed E-state index contributed by atoms with van der Waals surface area (Å²) in [6, 6.07) is 0.211. The van der Waals surface area contributed by atoms with Gasteiger partial charge in [0, 0.05) is 30.2 Å². The SMILES string of the molecule is CC(C)(C)NCc1c(N2CCCC2CO)nc2sccn12. The average molecular weight is 308 g/mol. The molecule has 2 aromatic rings. The molecule has 1 saturated heterocycles. The minimum absolute atomic E-state index is 0.0683. The molecule has 5 nitrogen and oxygen atoms in total. The van der Waals surface area contributed by atoms with Crippen LogP contribution in [-0.2, 0) is 6.54 Å². The first-order valence-electron chi connectivity index (χ1n) is 7.56. The Bertz CT molecular complexity index is 613. The fourth-order valence-corrected chi connectivity index (χ4v) is 3.60.